The van der Waals surface area contributed by atoms with E-state index in [0.29, 0.717) is 28.5 Å². The summed E-state index contributed by atoms with van der Waals surface area (Å²) < 4.78 is 35.9. The molecular weight excluding hydrogens is 522 g/mol. The molecule has 3 N–H and O–H groups in total. The molecule has 2 fully saturated rings. The quantitative estimate of drug-likeness (QED) is 0.360. The summed E-state index contributed by atoms with van der Waals surface area (Å²) in [5.74, 6) is -3.38. The van der Waals surface area contributed by atoms with E-state index >= 15 is 8.78 Å². The van der Waals surface area contributed by atoms with Crippen LogP contribution >= 0.6 is 0 Å². The number of rotatable bonds is 6. The maximum absolute atomic E-state index is 15.2. The van der Waals surface area contributed by atoms with E-state index in [9.17, 15) is 10.0 Å². The Hall–Kier alpha value is -3.74. The van der Waals surface area contributed by atoms with Gasteiger partial charge in [-0.15, -0.1) is 0 Å². The van der Waals surface area contributed by atoms with Crippen LogP contribution in [-0.4, -0.2) is 90.7 Å². The van der Waals surface area contributed by atoms with Crippen molar-refractivity contribution in [2.75, 3.05) is 56.0 Å². The summed E-state index contributed by atoms with van der Waals surface area (Å²) >= 11 is 0. The van der Waals surface area contributed by atoms with Gasteiger partial charge in [0.2, 0.25) is 11.8 Å². The Bertz CT molecular complexity index is 1260. The van der Waals surface area contributed by atoms with E-state index in [1.807, 2.05) is 0 Å². The van der Waals surface area contributed by atoms with Crippen molar-refractivity contribution in [1.29, 1.82) is 0 Å². The smallest absolute Gasteiger partial charge is 0.325 e. The number of methoxy groups -OCH3 is 1. The van der Waals surface area contributed by atoms with Crippen LogP contribution in [0.3, 0.4) is 0 Å². The average molecular weight is 559 g/mol. The Morgan fingerprint density at radius 3 is 2.58 bits per heavy atom. The first-order chi connectivity index (χ1) is 19.2. The summed E-state index contributed by atoms with van der Waals surface area (Å²) in [6.45, 7) is 1.23. The number of nitrogens with one attached hydrogen (secondary N) is 2. The first-order valence-electron chi connectivity index (χ1n) is 13.6. The van der Waals surface area contributed by atoms with E-state index in [1.165, 1.54) is 20.4 Å². The zero-order chi connectivity index (χ0) is 28.4. The van der Waals surface area contributed by atoms with E-state index in [2.05, 4.69) is 37.7 Å². The van der Waals surface area contributed by atoms with Gasteiger partial charge < -0.3 is 35.3 Å². The van der Waals surface area contributed by atoms with Crippen molar-refractivity contribution in [3.05, 3.63) is 30.0 Å². The number of alkyl halides is 2. The Kier molecular flexibility index (Phi) is 7.92. The number of carbonyl (C=O) groups is 1. The van der Waals surface area contributed by atoms with Crippen LogP contribution in [0.4, 0.5) is 31.9 Å². The fourth-order valence-corrected chi connectivity index (χ4v) is 5.73. The molecule has 0 spiro atoms. The van der Waals surface area contributed by atoms with Crippen molar-refractivity contribution in [1.82, 2.24) is 20.2 Å². The topological polar surface area (TPSA) is 118 Å². The van der Waals surface area contributed by atoms with Gasteiger partial charge in [0, 0.05) is 24.7 Å². The molecule has 1 saturated carbocycles. The molecule has 0 radical (unpaired) electrons. The molecule has 1 aliphatic carbocycles. The molecule has 1 aromatic heterocycles. The van der Waals surface area contributed by atoms with Crippen molar-refractivity contribution in [3.8, 4) is 5.75 Å². The lowest BCUT2D eigenvalue weighted by Gasteiger charge is -2.31. The van der Waals surface area contributed by atoms with E-state index in [1.54, 1.807) is 23.1 Å². The minimum absolute atomic E-state index is 0.115. The Morgan fingerprint density at radius 1 is 1.18 bits per heavy atom. The number of hydrogen-bond acceptors (Lipinski definition) is 9. The van der Waals surface area contributed by atoms with Crippen LogP contribution in [0.1, 0.15) is 48.9 Å². The molecule has 11 nitrogen and oxygen atoms in total. The Labute approximate surface area is 232 Å². The lowest BCUT2D eigenvalue weighted by molar-refractivity contribution is 0.0778. The van der Waals surface area contributed by atoms with Gasteiger partial charge >= 0.3 is 5.92 Å². The molecule has 1 aromatic carbocycles. The van der Waals surface area contributed by atoms with Gasteiger partial charge in [-0.05, 0) is 64.0 Å². The maximum Gasteiger partial charge on any atom is 0.325 e. The SMILES string of the molecule is COc1cc(C(=O)NC2CCN(C)CC2)ccc1Nc1ncc2c(n1)N(C1CCCC1)CC(F)(F)/C(=N\O)N2C. The molecule has 13 heteroatoms. The highest BCUT2D eigenvalue weighted by molar-refractivity contribution is 6.05. The zero-order valence-electron chi connectivity index (χ0n) is 23.0. The molecule has 216 valence electrons. The Morgan fingerprint density at radius 2 is 1.90 bits per heavy atom. The highest BCUT2D eigenvalue weighted by Gasteiger charge is 2.47. The second-order valence-electron chi connectivity index (χ2n) is 10.7. The number of hydrogen-bond donors (Lipinski definition) is 3. The van der Waals surface area contributed by atoms with Crippen molar-refractivity contribution in [2.24, 2.45) is 5.16 Å². The molecule has 1 saturated heterocycles. The zero-order valence-corrected chi connectivity index (χ0v) is 23.0. The van der Waals surface area contributed by atoms with Gasteiger partial charge in [0.1, 0.15) is 11.4 Å². The number of carbonyl (C=O) groups excluding carboxylic acids is 1. The van der Waals surface area contributed by atoms with E-state index in [0.717, 1.165) is 56.5 Å². The highest BCUT2D eigenvalue weighted by atomic mass is 19.3. The number of likely N-dealkylation sites (tertiary alicyclic amines) is 1. The minimum Gasteiger partial charge on any atom is -0.495 e. The molecule has 1 amide bonds. The summed E-state index contributed by atoms with van der Waals surface area (Å²) in [6.07, 6.45) is 6.68. The summed E-state index contributed by atoms with van der Waals surface area (Å²) in [5, 5.41) is 18.6. The first-order valence-corrected chi connectivity index (χ1v) is 13.6. The first kappa shape index (κ1) is 27.8. The van der Waals surface area contributed by atoms with Gasteiger partial charge in [0.25, 0.3) is 5.91 Å². The number of nitrogens with zero attached hydrogens (tertiary/aromatic N) is 6. The van der Waals surface area contributed by atoms with Gasteiger partial charge in [-0.3, -0.25) is 4.79 Å². The largest absolute Gasteiger partial charge is 0.495 e. The molecular formula is C27H36F2N8O3. The molecule has 0 unspecified atom stereocenters. The van der Waals surface area contributed by atoms with Gasteiger partial charge in [-0.1, -0.05) is 18.0 Å². The van der Waals surface area contributed by atoms with E-state index < -0.39 is 18.3 Å². The van der Waals surface area contributed by atoms with E-state index in [4.69, 9.17) is 4.74 Å². The second kappa shape index (κ2) is 11.4. The lowest BCUT2D eigenvalue weighted by Crippen LogP contribution is -2.48. The summed E-state index contributed by atoms with van der Waals surface area (Å²) in [4.78, 5) is 26.9. The summed E-state index contributed by atoms with van der Waals surface area (Å²) in [6, 6.07) is 5.07. The molecule has 40 heavy (non-hydrogen) atoms. The third-order valence-corrected chi connectivity index (χ3v) is 8.02. The average Bonchev–Trinajstić information content (AvgIpc) is 3.46. The standard InChI is InChI=1S/C27H36F2N8O3/c1-35-12-10-18(11-13-35)31-24(38)17-8-9-20(22(14-17)40-3)32-26-30-15-21-23(33-26)37(19-6-4-5-7-19)16-27(28,29)25(34-39)36(21)2/h8-9,14-15,18-19,39H,4-7,10-13,16H2,1-3H3,(H,31,38)(H,30,32,33)/b34-25+. The highest BCUT2D eigenvalue weighted by Crippen LogP contribution is 2.40. The van der Waals surface area contributed by atoms with Crippen LogP contribution in [0.15, 0.2) is 29.6 Å². The minimum atomic E-state index is -3.40. The maximum atomic E-state index is 15.2. The number of anilines is 4. The Balaban J connectivity index is 1.40. The number of ether oxygens (including phenoxy) is 1. The molecule has 0 atom stereocenters. The van der Waals surface area contributed by atoms with Crippen LogP contribution in [0, 0.1) is 0 Å². The molecule has 3 aliphatic rings. The number of oxime groups is 1. The third kappa shape index (κ3) is 5.60. The fraction of sp³-hybridized carbons (Fsp3) is 0.556. The van der Waals surface area contributed by atoms with Gasteiger partial charge in [0.15, 0.2) is 5.82 Å². The predicted molar refractivity (Wildman–Crippen MR) is 148 cm³/mol. The number of halogens is 2. The number of piperidine rings is 1. The normalized spacial score (nSPS) is 21.3. The fourth-order valence-electron chi connectivity index (χ4n) is 5.73. The van der Waals surface area contributed by atoms with Crippen LogP contribution in [-0.2, 0) is 0 Å². The van der Waals surface area contributed by atoms with Gasteiger partial charge in [-0.25, -0.2) is 4.98 Å². The van der Waals surface area contributed by atoms with Crippen LogP contribution < -0.4 is 25.2 Å². The van der Waals surface area contributed by atoms with E-state index in [-0.39, 0.29) is 23.9 Å². The number of aromatic nitrogens is 2. The molecule has 2 aromatic rings. The third-order valence-electron chi connectivity index (χ3n) is 8.02. The number of amides is 1. The van der Waals surface area contributed by atoms with Crippen molar-refractivity contribution < 1.29 is 23.5 Å². The second-order valence-corrected chi connectivity index (χ2v) is 10.7. The monoisotopic (exact) mass is 558 g/mol. The summed E-state index contributed by atoms with van der Waals surface area (Å²) in [5.41, 5.74) is 1.31. The number of amidine groups is 1. The van der Waals surface area contributed by atoms with Crippen LogP contribution in [0.5, 0.6) is 5.75 Å². The van der Waals surface area contributed by atoms with Crippen molar-refractivity contribution in [3.63, 3.8) is 0 Å². The lowest BCUT2D eigenvalue weighted by atomic mass is 10.0. The molecule has 2 aliphatic heterocycles. The predicted octanol–water partition coefficient (Wildman–Crippen LogP) is 3.67. The number of benzene rings is 1. The van der Waals surface area contributed by atoms with Crippen molar-refractivity contribution >= 4 is 34.9 Å². The molecule has 5 rings (SSSR count). The number of fused-ring (bicyclic) bond motifs is 1. The molecule has 0 bridgehead atoms. The van der Waals surface area contributed by atoms with Gasteiger partial charge in [-0.2, -0.15) is 13.8 Å². The van der Waals surface area contributed by atoms with Crippen LogP contribution in [0.25, 0.3) is 0 Å². The van der Waals surface area contributed by atoms with Crippen LogP contribution in [0.2, 0.25) is 0 Å². The van der Waals surface area contributed by atoms with Gasteiger partial charge in [0.05, 0.1) is 25.5 Å². The molecule has 3 heterocycles. The summed E-state index contributed by atoms with van der Waals surface area (Å²) in [7, 11) is 4.99. The van der Waals surface area contributed by atoms with Crippen molar-refractivity contribution in [2.45, 2.75) is 56.5 Å².